The van der Waals surface area contributed by atoms with E-state index in [-0.39, 0.29) is 16.5 Å². The molecule has 146 valence electrons. The van der Waals surface area contributed by atoms with E-state index in [1.165, 1.54) is 12.8 Å². The molecule has 7 heteroatoms. The number of hydrogen-bond acceptors (Lipinski definition) is 5. The second-order valence-corrected chi connectivity index (χ2v) is 9.50. The van der Waals surface area contributed by atoms with Gasteiger partial charge >= 0.3 is 0 Å². The van der Waals surface area contributed by atoms with Gasteiger partial charge in [0, 0.05) is 25.2 Å². The molecule has 3 rings (SSSR count). The quantitative estimate of drug-likeness (QED) is 0.784. The van der Waals surface area contributed by atoms with Crippen molar-refractivity contribution in [1.29, 1.82) is 0 Å². The van der Waals surface area contributed by atoms with Crippen molar-refractivity contribution in [2.24, 2.45) is 0 Å². The Hall–Kier alpha value is -1.15. The molecule has 1 aliphatic carbocycles. The van der Waals surface area contributed by atoms with Crippen LogP contribution in [-0.2, 0) is 14.8 Å². The molecule has 1 aromatic rings. The summed E-state index contributed by atoms with van der Waals surface area (Å²) >= 11 is 0. The van der Waals surface area contributed by atoms with Crippen molar-refractivity contribution < 1.29 is 17.9 Å². The maximum Gasteiger partial charge on any atom is 0.240 e. The van der Waals surface area contributed by atoms with Crippen LogP contribution in [0.1, 0.15) is 39.5 Å². The van der Waals surface area contributed by atoms with Crippen LogP contribution in [0.3, 0.4) is 0 Å². The van der Waals surface area contributed by atoms with E-state index in [1.807, 2.05) is 0 Å². The highest BCUT2D eigenvalue weighted by atomic mass is 32.2. The molecule has 0 unspecified atom stereocenters. The molecule has 1 saturated heterocycles. The number of sulfonamides is 1. The van der Waals surface area contributed by atoms with Crippen LogP contribution in [0.2, 0.25) is 0 Å². The van der Waals surface area contributed by atoms with Crippen molar-refractivity contribution in [2.45, 2.75) is 56.1 Å². The Morgan fingerprint density at radius 1 is 1.15 bits per heavy atom. The fourth-order valence-electron chi connectivity index (χ4n) is 3.53. The van der Waals surface area contributed by atoms with E-state index in [0.29, 0.717) is 19.8 Å². The first kappa shape index (κ1) is 19.6. The van der Waals surface area contributed by atoms with Gasteiger partial charge in [0.2, 0.25) is 10.0 Å². The van der Waals surface area contributed by atoms with E-state index in [2.05, 4.69) is 23.5 Å². The second kappa shape index (κ2) is 8.25. The summed E-state index contributed by atoms with van der Waals surface area (Å²) in [6, 6.07) is 6.74. The van der Waals surface area contributed by atoms with Gasteiger partial charge in [-0.2, -0.15) is 0 Å². The number of nitrogens with zero attached hydrogens (tertiary/aromatic N) is 1. The van der Waals surface area contributed by atoms with Gasteiger partial charge in [-0.15, -0.1) is 0 Å². The average Bonchev–Trinajstić information content (AvgIpc) is 3.15. The molecule has 0 radical (unpaired) electrons. The molecule has 0 aromatic heterocycles. The summed E-state index contributed by atoms with van der Waals surface area (Å²) < 4.78 is 39.3. The first-order chi connectivity index (χ1) is 12.4. The zero-order valence-electron chi connectivity index (χ0n) is 15.7. The molecule has 1 aromatic carbocycles. The molecule has 0 amide bonds. The molecule has 0 atom stereocenters. The van der Waals surface area contributed by atoms with Crippen LogP contribution < -0.4 is 9.46 Å². The van der Waals surface area contributed by atoms with Gasteiger partial charge in [-0.3, -0.25) is 4.90 Å². The van der Waals surface area contributed by atoms with Crippen molar-refractivity contribution in [3.8, 4) is 5.75 Å². The van der Waals surface area contributed by atoms with E-state index in [4.69, 9.17) is 9.47 Å². The zero-order chi connectivity index (χ0) is 18.6. The van der Waals surface area contributed by atoms with Crippen LogP contribution in [-0.4, -0.2) is 57.8 Å². The van der Waals surface area contributed by atoms with Crippen LogP contribution in [0.4, 0.5) is 0 Å². The van der Waals surface area contributed by atoms with Crippen molar-refractivity contribution >= 4 is 10.0 Å². The van der Waals surface area contributed by atoms with Crippen molar-refractivity contribution in [3.05, 3.63) is 24.3 Å². The Kier molecular flexibility index (Phi) is 6.22. The lowest BCUT2D eigenvalue weighted by Gasteiger charge is -2.40. The van der Waals surface area contributed by atoms with Crippen molar-refractivity contribution in [2.75, 3.05) is 32.8 Å². The number of nitrogens with one attached hydrogen (secondary N) is 1. The summed E-state index contributed by atoms with van der Waals surface area (Å²) in [4.78, 5) is 2.53. The number of benzene rings is 1. The van der Waals surface area contributed by atoms with Crippen LogP contribution in [0.25, 0.3) is 0 Å². The monoisotopic (exact) mass is 382 g/mol. The highest BCUT2D eigenvalue weighted by Gasteiger charge is 2.30. The predicted octanol–water partition coefficient (Wildman–Crippen LogP) is 2.40. The number of hydrogen-bond donors (Lipinski definition) is 1. The normalized spacial score (nSPS) is 20.4. The van der Waals surface area contributed by atoms with Gasteiger partial charge < -0.3 is 9.47 Å². The summed E-state index contributed by atoms with van der Waals surface area (Å²) in [5.41, 5.74) is -0.262. The zero-order valence-corrected chi connectivity index (χ0v) is 16.6. The third kappa shape index (κ3) is 4.97. The Balaban J connectivity index is 1.58. The van der Waals surface area contributed by atoms with E-state index in [9.17, 15) is 8.42 Å². The minimum Gasteiger partial charge on any atom is -0.490 e. The van der Waals surface area contributed by atoms with Gasteiger partial charge in [-0.25, -0.2) is 13.1 Å². The molecule has 1 heterocycles. The molecule has 6 nitrogen and oxygen atoms in total. The van der Waals surface area contributed by atoms with Gasteiger partial charge in [-0.1, -0.05) is 0 Å². The smallest absolute Gasteiger partial charge is 0.240 e. The Labute approximate surface area is 156 Å². The maximum atomic E-state index is 12.6. The van der Waals surface area contributed by atoms with Crippen LogP contribution in [0.5, 0.6) is 5.75 Å². The van der Waals surface area contributed by atoms with Gasteiger partial charge in [0.1, 0.15) is 5.75 Å². The van der Waals surface area contributed by atoms with E-state index in [1.54, 1.807) is 24.3 Å². The summed E-state index contributed by atoms with van der Waals surface area (Å²) in [6.07, 6.45) is 4.85. The lowest BCUT2D eigenvalue weighted by atomic mass is 10.0. The van der Waals surface area contributed by atoms with Crippen LogP contribution in [0, 0.1) is 0 Å². The number of morpholine rings is 1. The topological polar surface area (TPSA) is 67.9 Å². The number of ether oxygens (including phenoxy) is 2. The van der Waals surface area contributed by atoms with Gasteiger partial charge in [0.15, 0.2) is 0 Å². The second-order valence-electron chi connectivity index (χ2n) is 7.73. The van der Waals surface area contributed by atoms with Gasteiger partial charge in [0.05, 0.1) is 24.2 Å². The summed E-state index contributed by atoms with van der Waals surface area (Å²) in [5.74, 6) is 0.740. The molecule has 1 aliphatic heterocycles. The molecular formula is C19H30N2O4S. The standard InChI is InChI=1S/C19H30N2O4S/c1-19(2,21-11-13-24-14-12-21)15-20-26(22,23)18-9-7-17(8-10-18)25-16-5-3-4-6-16/h7-10,16,20H,3-6,11-15H2,1-2H3. The highest BCUT2D eigenvalue weighted by Crippen LogP contribution is 2.25. The average molecular weight is 383 g/mol. The first-order valence-corrected chi connectivity index (χ1v) is 10.9. The molecule has 0 spiro atoms. The molecule has 1 saturated carbocycles. The van der Waals surface area contributed by atoms with Gasteiger partial charge in [-0.05, 0) is 63.8 Å². The molecule has 26 heavy (non-hydrogen) atoms. The third-order valence-corrected chi connectivity index (χ3v) is 6.72. The largest absolute Gasteiger partial charge is 0.490 e. The van der Waals surface area contributed by atoms with Crippen LogP contribution >= 0.6 is 0 Å². The summed E-state index contributed by atoms with van der Waals surface area (Å²) in [7, 11) is -3.54. The summed E-state index contributed by atoms with van der Waals surface area (Å²) in [6.45, 7) is 7.50. The summed E-state index contributed by atoms with van der Waals surface area (Å²) in [5, 5.41) is 0. The van der Waals surface area contributed by atoms with Crippen molar-refractivity contribution in [1.82, 2.24) is 9.62 Å². The molecule has 2 fully saturated rings. The van der Waals surface area contributed by atoms with Crippen molar-refractivity contribution in [3.63, 3.8) is 0 Å². The van der Waals surface area contributed by atoms with Gasteiger partial charge in [0.25, 0.3) is 0 Å². The molecule has 2 aliphatic rings. The highest BCUT2D eigenvalue weighted by molar-refractivity contribution is 7.89. The van der Waals surface area contributed by atoms with E-state index in [0.717, 1.165) is 31.7 Å². The Bertz CT molecular complexity index is 676. The lowest BCUT2D eigenvalue weighted by molar-refractivity contribution is -0.00803. The fraction of sp³-hybridized carbons (Fsp3) is 0.684. The fourth-order valence-corrected chi connectivity index (χ4v) is 4.74. The molecule has 0 bridgehead atoms. The maximum absolute atomic E-state index is 12.6. The van der Waals surface area contributed by atoms with E-state index < -0.39 is 10.0 Å². The minimum absolute atomic E-state index is 0.262. The number of rotatable bonds is 7. The Morgan fingerprint density at radius 2 is 1.77 bits per heavy atom. The first-order valence-electron chi connectivity index (χ1n) is 9.46. The SMILES string of the molecule is CC(C)(CNS(=O)(=O)c1ccc(OC2CCCC2)cc1)N1CCOCC1. The van der Waals surface area contributed by atoms with E-state index >= 15 is 0 Å². The minimum atomic E-state index is -3.54. The lowest BCUT2D eigenvalue weighted by Crippen LogP contribution is -2.55. The Morgan fingerprint density at radius 3 is 2.38 bits per heavy atom. The molecule has 1 N–H and O–H groups in total. The third-order valence-electron chi connectivity index (χ3n) is 5.30. The molecular weight excluding hydrogens is 352 g/mol. The van der Waals surface area contributed by atoms with Crippen LogP contribution in [0.15, 0.2) is 29.2 Å². The predicted molar refractivity (Wildman–Crippen MR) is 101 cm³/mol.